The van der Waals surface area contributed by atoms with E-state index < -0.39 is 10.0 Å². The predicted octanol–water partition coefficient (Wildman–Crippen LogP) is 3.12. The summed E-state index contributed by atoms with van der Waals surface area (Å²) in [6.07, 6.45) is 0. The minimum Gasteiger partial charge on any atom is -0.497 e. The molecule has 170 valence electrons. The molecule has 0 saturated heterocycles. The molecule has 0 spiro atoms. The van der Waals surface area contributed by atoms with Crippen molar-refractivity contribution in [1.29, 1.82) is 0 Å². The normalized spacial score (nSPS) is 12.1. The molecule has 2 aromatic carbocycles. The van der Waals surface area contributed by atoms with Gasteiger partial charge in [-0.1, -0.05) is 36.4 Å². The zero-order valence-electron chi connectivity index (χ0n) is 19.1. The maximum Gasteiger partial charge on any atom is 0.216 e. The summed E-state index contributed by atoms with van der Waals surface area (Å²) in [5, 5.41) is 3.31. The van der Waals surface area contributed by atoms with Crippen LogP contribution in [0.25, 0.3) is 0 Å². The topological polar surface area (TPSA) is 83.0 Å². The number of nitrogens with one attached hydrogen (secondary N) is 2. The number of guanidine groups is 1. The van der Waals surface area contributed by atoms with E-state index in [2.05, 4.69) is 10.0 Å². The summed E-state index contributed by atoms with van der Waals surface area (Å²) in [6, 6.07) is 15.3. The van der Waals surface area contributed by atoms with Crippen LogP contribution in [0.3, 0.4) is 0 Å². The van der Waals surface area contributed by atoms with Gasteiger partial charge in [-0.2, -0.15) is 0 Å². The van der Waals surface area contributed by atoms with Crippen molar-refractivity contribution in [1.82, 2.24) is 14.9 Å². The quantitative estimate of drug-likeness (QED) is 0.433. The molecule has 0 radical (unpaired) electrons. The molecule has 0 aliphatic rings. The Morgan fingerprint density at radius 3 is 2.32 bits per heavy atom. The van der Waals surface area contributed by atoms with Crippen LogP contribution < -0.4 is 14.8 Å². The van der Waals surface area contributed by atoms with E-state index in [1.54, 1.807) is 7.11 Å². The van der Waals surface area contributed by atoms with Gasteiger partial charge in [-0.05, 0) is 49.6 Å². The highest BCUT2D eigenvalue weighted by Crippen LogP contribution is 2.15. The summed E-state index contributed by atoms with van der Waals surface area (Å²) < 4.78 is 32.6. The van der Waals surface area contributed by atoms with Crippen molar-refractivity contribution in [3.05, 3.63) is 65.2 Å². The third kappa shape index (κ3) is 8.22. The van der Waals surface area contributed by atoms with Crippen molar-refractivity contribution < 1.29 is 13.2 Å². The standard InChI is InChI=1S/C23H34N4O3S/c1-6-24-23(27(4)16-19-11-13-22(30-5)14-12-19)25-15-20-9-7-8-10-21(20)17-31(28,29)26-18(2)3/h7-14,18,26H,6,15-17H2,1-5H3,(H,24,25). The number of nitrogens with zero attached hydrogens (tertiary/aromatic N) is 2. The third-order valence-corrected chi connectivity index (χ3v) is 6.08. The van der Waals surface area contributed by atoms with Crippen molar-refractivity contribution in [2.75, 3.05) is 20.7 Å². The summed E-state index contributed by atoms with van der Waals surface area (Å²) in [5.41, 5.74) is 2.79. The van der Waals surface area contributed by atoms with Crippen LogP contribution in [0.15, 0.2) is 53.5 Å². The van der Waals surface area contributed by atoms with E-state index in [-0.39, 0.29) is 11.8 Å². The van der Waals surface area contributed by atoms with Crippen molar-refractivity contribution >= 4 is 16.0 Å². The number of rotatable bonds is 10. The van der Waals surface area contributed by atoms with Crippen molar-refractivity contribution in [3.8, 4) is 5.75 Å². The number of methoxy groups -OCH3 is 1. The fraction of sp³-hybridized carbons (Fsp3) is 0.435. The highest BCUT2D eigenvalue weighted by Gasteiger charge is 2.15. The number of ether oxygens (including phenoxy) is 1. The SMILES string of the molecule is CCNC(=NCc1ccccc1CS(=O)(=O)NC(C)C)N(C)Cc1ccc(OC)cc1. The number of hydrogen-bond donors (Lipinski definition) is 2. The van der Waals surface area contributed by atoms with Gasteiger partial charge in [-0.25, -0.2) is 18.1 Å². The Hall–Kier alpha value is -2.58. The van der Waals surface area contributed by atoms with E-state index in [9.17, 15) is 8.42 Å². The molecule has 0 aromatic heterocycles. The van der Waals surface area contributed by atoms with E-state index in [0.29, 0.717) is 13.1 Å². The molecular formula is C23H34N4O3S. The van der Waals surface area contributed by atoms with Gasteiger partial charge in [0, 0.05) is 26.2 Å². The molecule has 0 aliphatic heterocycles. The molecule has 0 aliphatic carbocycles. The van der Waals surface area contributed by atoms with Crippen LogP contribution in [0.5, 0.6) is 5.75 Å². The first-order valence-electron chi connectivity index (χ1n) is 10.4. The van der Waals surface area contributed by atoms with Gasteiger partial charge in [0.1, 0.15) is 5.75 Å². The smallest absolute Gasteiger partial charge is 0.216 e. The summed E-state index contributed by atoms with van der Waals surface area (Å²) >= 11 is 0. The van der Waals surface area contributed by atoms with Crippen LogP contribution in [0.4, 0.5) is 0 Å². The molecule has 2 N–H and O–H groups in total. The van der Waals surface area contributed by atoms with Gasteiger partial charge in [-0.15, -0.1) is 0 Å². The summed E-state index contributed by atoms with van der Waals surface area (Å²) in [6.45, 7) is 7.46. The molecule has 0 heterocycles. The maximum atomic E-state index is 12.4. The molecule has 0 bridgehead atoms. The monoisotopic (exact) mass is 446 g/mol. The minimum atomic E-state index is -3.40. The van der Waals surface area contributed by atoms with E-state index in [1.807, 2.05) is 81.2 Å². The first-order valence-corrected chi connectivity index (χ1v) is 12.1. The van der Waals surface area contributed by atoms with E-state index in [1.165, 1.54) is 0 Å². The Bertz CT molecular complexity index is 957. The lowest BCUT2D eigenvalue weighted by atomic mass is 10.1. The lowest BCUT2D eigenvalue weighted by molar-refractivity contribution is 0.414. The second kappa shape index (κ2) is 11.7. The first kappa shape index (κ1) is 24.7. The van der Waals surface area contributed by atoms with E-state index in [4.69, 9.17) is 9.73 Å². The number of benzene rings is 2. The Morgan fingerprint density at radius 2 is 1.74 bits per heavy atom. The second-order valence-corrected chi connectivity index (χ2v) is 9.43. The Kier molecular flexibility index (Phi) is 9.33. The largest absolute Gasteiger partial charge is 0.497 e. The Morgan fingerprint density at radius 1 is 1.10 bits per heavy atom. The molecule has 0 unspecified atom stereocenters. The van der Waals surface area contributed by atoms with Crippen LogP contribution in [0, 0.1) is 0 Å². The highest BCUT2D eigenvalue weighted by atomic mass is 32.2. The average Bonchev–Trinajstić information content (AvgIpc) is 2.71. The summed E-state index contributed by atoms with van der Waals surface area (Å²) in [7, 11) is 0.230. The van der Waals surface area contributed by atoms with Gasteiger partial charge < -0.3 is 15.0 Å². The van der Waals surface area contributed by atoms with E-state index >= 15 is 0 Å². The predicted molar refractivity (Wildman–Crippen MR) is 127 cm³/mol. The van der Waals surface area contributed by atoms with Gasteiger partial charge in [0.05, 0.1) is 19.4 Å². The zero-order chi connectivity index (χ0) is 22.9. The number of hydrogen-bond acceptors (Lipinski definition) is 4. The first-order chi connectivity index (χ1) is 14.7. The van der Waals surface area contributed by atoms with Crippen molar-refractivity contribution in [3.63, 3.8) is 0 Å². The molecule has 0 saturated carbocycles. The molecule has 0 fully saturated rings. The van der Waals surface area contributed by atoms with Crippen molar-refractivity contribution in [2.45, 2.75) is 45.7 Å². The van der Waals surface area contributed by atoms with Gasteiger partial charge in [0.15, 0.2) is 5.96 Å². The number of sulfonamides is 1. The Labute approximate surface area is 186 Å². The molecule has 31 heavy (non-hydrogen) atoms. The van der Waals surface area contributed by atoms with Crippen LogP contribution in [-0.2, 0) is 28.9 Å². The molecule has 2 aromatic rings. The molecule has 0 atom stereocenters. The van der Waals surface area contributed by atoms with Crippen LogP contribution >= 0.6 is 0 Å². The highest BCUT2D eigenvalue weighted by molar-refractivity contribution is 7.88. The molecule has 0 amide bonds. The molecule has 2 rings (SSSR count). The summed E-state index contributed by atoms with van der Waals surface area (Å²) in [4.78, 5) is 6.80. The molecule has 7 nitrogen and oxygen atoms in total. The lowest BCUT2D eigenvalue weighted by Gasteiger charge is -2.22. The second-order valence-electron chi connectivity index (χ2n) is 7.67. The van der Waals surface area contributed by atoms with Crippen molar-refractivity contribution in [2.24, 2.45) is 4.99 Å². The summed E-state index contributed by atoms with van der Waals surface area (Å²) in [5.74, 6) is 1.52. The maximum absolute atomic E-state index is 12.4. The minimum absolute atomic E-state index is 0.0604. The van der Waals surface area contributed by atoms with Crippen LogP contribution in [0.1, 0.15) is 37.5 Å². The van der Waals surface area contributed by atoms with Crippen LogP contribution in [-0.4, -0.2) is 46.0 Å². The molecular weight excluding hydrogens is 412 g/mol. The molecule has 8 heteroatoms. The number of aliphatic imine (C=N–C) groups is 1. The lowest BCUT2D eigenvalue weighted by Crippen LogP contribution is -2.38. The fourth-order valence-corrected chi connectivity index (χ4v) is 4.66. The van der Waals surface area contributed by atoms with Gasteiger partial charge >= 0.3 is 0 Å². The Balaban J connectivity index is 2.16. The van der Waals surface area contributed by atoms with Gasteiger partial charge in [-0.3, -0.25) is 0 Å². The fourth-order valence-electron chi connectivity index (χ4n) is 3.17. The average molecular weight is 447 g/mol. The van der Waals surface area contributed by atoms with E-state index in [0.717, 1.165) is 34.9 Å². The van der Waals surface area contributed by atoms with Gasteiger partial charge in [0.2, 0.25) is 10.0 Å². The zero-order valence-corrected chi connectivity index (χ0v) is 19.9. The third-order valence-electron chi connectivity index (χ3n) is 4.55. The van der Waals surface area contributed by atoms with Gasteiger partial charge in [0.25, 0.3) is 0 Å². The van der Waals surface area contributed by atoms with Crippen LogP contribution in [0.2, 0.25) is 0 Å².